The van der Waals surface area contributed by atoms with Gasteiger partial charge in [0.05, 0.1) is 18.9 Å². The Morgan fingerprint density at radius 3 is 2.29 bits per heavy atom. The third-order valence-electron chi connectivity index (χ3n) is 1.44. The summed E-state index contributed by atoms with van der Waals surface area (Å²) in [5.41, 5.74) is 0.141. The Bertz CT molecular complexity index is 211. The first kappa shape index (κ1) is 13.0. The molecule has 0 saturated heterocycles. The van der Waals surface area contributed by atoms with Gasteiger partial charge in [0.1, 0.15) is 5.60 Å². The van der Waals surface area contributed by atoms with Crippen molar-refractivity contribution in [2.45, 2.75) is 46.1 Å². The molecule has 0 aliphatic heterocycles. The number of rotatable bonds is 4. The van der Waals surface area contributed by atoms with Crippen LogP contribution in [-0.2, 0) is 14.3 Å². The van der Waals surface area contributed by atoms with Crippen LogP contribution in [0.4, 0.5) is 0 Å². The van der Waals surface area contributed by atoms with Crippen LogP contribution in [0.25, 0.3) is 0 Å². The molecule has 0 bridgehead atoms. The Morgan fingerprint density at radius 1 is 1.36 bits per heavy atom. The van der Waals surface area contributed by atoms with E-state index < -0.39 is 5.60 Å². The fourth-order valence-electron chi connectivity index (χ4n) is 0.964. The van der Waals surface area contributed by atoms with Gasteiger partial charge in [-0.2, -0.15) is 0 Å². The summed E-state index contributed by atoms with van der Waals surface area (Å²) in [7, 11) is 1.53. The molecule has 0 aliphatic carbocycles. The molecule has 0 atom stereocenters. The van der Waals surface area contributed by atoms with Crippen molar-refractivity contribution < 1.29 is 14.3 Å². The molecule has 0 radical (unpaired) electrons. The molecule has 0 fully saturated rings. The number of ether oxygens (including phenoxy) is 2. The molecule has 82 valence electrons. The normalized spacial score (nSPS) is 12.5. The summed E-state index contributed by atoms with van der Waals surface area (Å²) in [6.07, 6.45) is 3.04. The summed E-state index contributed by atoms with van der Waals surface area (Å²) in [4.78, 5) is 11.6. The Labute approximate surface area is 86.1 Å². The van der Waals surface area contributed by atoms with Gasteiger partial charge >= 0.3 is 5.97 Å². The Kier molecular flexibility index (Phi) is 5.28. The molecule has 0 aromatic heterocycles. The highest BCUT2D eigenvalue weighted by Gasteiger charge is 2.19. The van der Waals surface area contributed by atoms with Gasteiger partial charge in [-0.15, -0.1) is 0 Å². The van der Waals surface area contributed by atoms with E-state index in [1.54, 1.807) is 0 Å². The number of hydrogen-bond donors (Lipinski definition) is 0. The van der Waals surface area contributed by atoms with Gasteiger partial charge in [-0.3, -0.25) is 0 Å². The molecular weight excluding hydrogens is 180 g/mol. The lowest BCUT2D eigenvalue weighted by molar-refractivity contribution is -0.150. The third-order valence-corrected chi connectivity index (χ3v) is 1.44. The van der Waals surface area contributed by atoms with Gasteiger partial charge in [-0.25, -0.2) is 4.79 Å². The first-order valence-corrected chi connectivity index (χ1v) is 4.86. The van der Waals surface area contributed by atoms with E-state index in [2.05, 4.69) is 0 Å². The van der Waals surface area contributed by atoms with Crippen molar-refractivity contribution in [3.8, 4) is 0 Å². The fourth-order valence-corrected chi connectivity index (χ4v) is 0.964. The lowest BCUT2D eigenvalue weighted by Gasteiger charge is -2.20. The zero-order valence-electron chi connectivity index (χ0n) is 9.72. The van der Waals surface area contributed by atoms with Crippen LogP contribution >= 0.6 is 0 Å². The van der Waals surface area contributed by atoms with Crippen LogP contribution in [0.1, 0.15) is 40.5 Å². The lowest BCUT2D eigenvalue weighted by Crippen LogP contribution is -2.25. The van der Waals surface area contributed by atoms with Crippen LogP contribution in [0.15, 0.2) is 11.8 Å². The molecule has 0 amide bonds. The standard InChI is InChI=1S/C11H20O3/c1-6-7-9(8-13-5)10(12)14-11(2,3)4/h8H,6-7H2,1-5H3. The minimum Gasteiger partial charge on any atom is -0.504 e. The summed E-state index contributed by atoms with van der Waals surface area (Å²) >= 11 is 0. The molecule has 0 heterocycles. The van der Waals surface area contributed by atoms with Gasteiger partial charge < -0.3 is 9.47 Å². The smallest absolute Gasteiger partial charge is 0.337 e. The minimum absolute atomic E-state index is 0.291. The number of esters is 1. The van der Waals surface area contributed by atoms with Crippen molar-refractivity contribution in [1.82, 2.24) is 0 Å². The maximum atomic E-state index is 11.6. The molecule has 0 spiro atoms. The number of carbonyl (C=O) groups is 1. The maximum Gasteiger partial charge on any atom is 0.337 e. The van der Waals surface area contributed by atoms with E-state index in [1.807, 2.05) is 27.7 Å². The van der Waals surface area contributed by atoms with Crippen LogP contribution in [-0.4, -0.2) is 18.7 Å². The van der Waals surface area contributed by atoms with Crippen LogP contribution in [0.5, 0.6) is 0 Å². The number of hydrogen-bond acceptors (Lipinski definition) is 3. The Balaban J connectivity index is 4.38. The van der Waals surface area contributed by atoms with Crippen LogP contribution in [0.2, 0.25) is 0 Å². The van der Waals surface area contributed by atoms with Crippen molar-refractivity contribution in [3.05, 3.63) is 11.8 Å². The van der Waals surface area contributed by atoms with Gasteiger partial charge in [-0.05, 0) is 27.2 Å². The van der Waals surface area contributed by atoms with E-state index in [-0.39, 0.29) is 5.97 Å². The Morgan fingerprint density at radius 2 is 1.93 bits per heavy atom. The zero-order chi connectivity index (χ0) is 11.2. The van der Waals surface area contributed by atoms with Crippen molar-refractivity contribution in [1.29, 1.82) is 0 Å². The van der Waals surface area contributed by atoms with E-state index in [1.165, 1.54) is 13.4 Å². The average molecular weight is 200 g/mol. The quantitative estimate of drug-likeness (QED) is 0.397. The lowest BCUT2D eigenvalue weighted by atomic mass is 10.1. The maximum absolute atomic E-state index is 11.6. The van der Waals surface area contributed by atoms with Crippen molar-refractivity contribution in [3.63, 3.8) is 0 Å². The molecule has 0 saturated carbocycles. The molecule has 3 heteroatoms. The molecule has 3 nitrogen and oxygen atoms in total. The van der Waals surface area contributed by atoms with Gasteiger partial charge in [-0.1, -0.05) is 13.3 Å². The van der Waals surface area contributed by atoms with Gasteiger partial charge in [0.15, 0.2) is 0 Å². The summed E-state index contributed by atoms with van der Waals surface area (Å²) in [6, 6.07) is 0. The molecule has 0 aliphatic rings. The molecule has 14 heavy (non-hydrogen) atoms. The number of methoxy groups -OCH3 is 1. The minimum atomic E-state index is -0.447. The highest BCUT2D eigenvalue weighted by Crippen LogP contribution is 2.14. The van der Waals surface area contributed by atoms with Crippen molar-refractivity contribution >= 4 is 5.97 Å². The molecule has 0 rings (SSSR count). The average Bonchev–Trinajstić information content (AvgIpc) is 2.01. The molecule has 0 aromatic rings. The van der Waals surface area contributed by atoms with Crippen LogP contribution < -0.4 is 0 Å². The van der Waals surface area contributed by atoms with Gasteiger partial charge in [0.25, 0.3) is 0 Å². The first-order valence-electron chi connectivity index (χ1n) is 4.86. The molecule has 0 unspecified atom stereocenters. The van der Waals surface area contributed by atoms with E-state index in [4.69, 9.17) is 9.47 Å². The van der Waals surface area contributed by atoms with E-state index in [9.17, 15) is 4.79 Å². The molecular formula is C11H20O3. The predicted octanol–water partition coefficient (Wildman–Crippen LogP) is 2.66. The summed E-state index contributed by atoms with van der Waals surface area (Å²) in [5, 5.41) is 0. The van der Waals surface area contributed by atoms with Gasteiger partial charge in [0.2, 0.25) is 0 Å². The topological polar surface area (TPSA) is 35.5 Å². The SMILES string of the molecule is CCCC(=COC)C(=O)OC(C)(C)C. The first-order chi connectivity index (χ1) is 6.40. The number of carbonyl (C=O) groups excluding carboxylic acids is 1. The van der Waals surface area contributed by atoms with Crippen LogP contribution in [0.3, 0.4) is 0 Å². The second-order valence-electron chi connectivity index (χ2n) is 4.13. The zero-order valence-corrected chi connectivity index (χ0v) is 9.72. The predicted molar refractivity (Wildman–Crippen MR) is 55.8 cm³/mol. The second-order valence-corrected chi connectivity index (χ2v) is 4.13. The summed E-state index contributed by atoms with van der Waals surface area (Å²) in [5.74, 6) is -0.291. The molecule has 0 aromatic carbocycles. The summed E-state index contributed by atoms with van der Waals surface area (Å²) < 4.78 is 10.0. The Hall–Kier alpha value is -0.990. The van der Waals surface area contributed by atoms with Crippen molar-refractivity contribution in [2.75, 3.05) is 7.11 Å². The third kappa shape index (κ3) is 5.62. The molecule has 0 N–H and O–H groups in total. The van der Waals surface area contributed by atoms with E-state index in [0.29, 0.717) is 12.0 Å². The van der Waals surface area contributed by atoms with E-state index in [0.717, 1.165) is 6.42 Å². The van der Waals surface area contributed by atoms with Gasteiger partial charge in [0, 0.05) is 0 Å². The monoisotopic (exact) mass is 200 g/mol. The van der Waals surface area contributed by atoms with Crippen LogP contribution in [0, 0.1) is 0 Å². The largest absolute Gasteiger partial charge is 0.504 e. The summed E-state index contributed by atoms with van der Waals surface area (Å²) in [6.45, 7) is 7.55. The van der Waals surface area contributed by atoms with E-state index >= 15 is 0 Å². The van der Waals surface area contributed by atoms with Crippen molar-refractivity contribution in [2.24, 2.45) is 0 Å². The highest BCUT2D eigenvalue weighted by atomic mass is 16.6. The highest BCUT2D eigenvalue weighted by molar-refractivity contribution is 5.88. The fraction of sp³-hybridized carbons (Fsp3) is 0.727. The second kappa shape index (κ2) is 5.68.